The second kappa shape index (κ2) is 2.82. The van der Waals surface area contributed by atoms with Crippen molar-refractivity contribution in [3.05, 3.63) is 42.1 Å². The van der Waals surface area contributed by atoms with Crippen molar-refractivity contribution in [1.29, 1.82) is 0 Å². The summed E-state index contributed by atoms with van der Waals surface area (Å²) >= 11 is 0. The Hall–Kier alpha value is -0.850. The monoisotopic (exact) mass is 137 g/mol. The van der Waals surface area contributed by atoms with Crippen molar-refractivity contribution in [2.24, 2.45) is 0 Å². The number of hydrogen-bond acceptors (Lipinski definition) is 0. The van der Waals surface area contributed by atoms with E-state index in [4.69, 9.17) is 0 Å². The maximum Gasteiger partial charge on any atom is 0.126 e. The molecule has 10 heavy (non-hydrogen) atoms. The van der Waals surface area contributed by atoms with Crippen LogP contribution in [-0.4, -0.2) is 0 Å². The molecular formula is C9H10F. The van der Waals surface area contributed by atoms with Gasteiger partial charge >= 0.3 is 0 Å². The first-order chi connectivity index (χ1) is 4.74. The quantitative estimate of drug-likeness (QED) is 0.558. The standard InChI is InChI=1S/C9H10F/c1-3-8-4-5-9(10)7(2)6-8/h4-6H,1,3H2,2H3. The van der Waals surface area contributed by atoms with Crippen molar-refractivity contribution in [3.63, 3.8) is 0 Å². The Labute approximate surface area is 60.7 Å². The molecule has 0 unspecified atom stereocenters. The Kier molecular flexibility index (Phi) is 2.05. The summed E-state index contributed by atoms with van der Waals surface area (Å²) in [5, 5.41) is 0. The molecule has 0 spiro atoms. The van der Waals surface area contributed by atoms with Crippen LogP contribution in [0.3, 0.4) is 0 Å². The molecule has 1 rings (SSSR count). The lowest BCUT2D eigenvalue weighted by atomic mass is 10.1. The largest absolute Gasteiger partial charge is 0.207 e. The van der Waals surface area contributed by atoms with E-state index in [2.05, 4.69) is 6.92 Å². The molecule has 0 saturated heterocycles. The Morgan fingerprint density at radius 2 is 2.20 bits per heavy atom. The van der Waals surface area contributed by atoms with Gasteiger partial charge in [0, 0.05) is 0 Å². The SMILES string of the molecule is [CH2]Cc1ccc(F)c(C)c1. The smallest absolute Gasteiger partial charge is 0.126 e. The molecule has 0 aromatic heterocycles. The van der Waals surface area contributed by atoms with Crippen LogP contribution >= 0.6 is 0 Å². The summed E-state index contributed by atoms with van der Waals surface area (Å²) in [7, 11) is 0. The Bertz CT molecular complexity index is 228. The summed E-state index contributed by atoms with van der Waals surface area (Å²) < 4.78 is 12.6. The van der Waals surface area contributed by atoms with Gasteiger partial charge in [0.2, 0.25) is 0 Å². The second-order valence-corrected chi connectivity index (χ2v) is 2.33. The maximum atomic E-state index is 12.6. The first-order valence-corrected chi connectivity index (χ1v) is 3.28. The molecule has 1 heteroatoms. The van der Waals surface area contributed by atoms with Crippen LogP contribution < -0.4 is 0 Å². The van der Waals surface area contributed by atoms with Crippen molar-refractivity contribution in [1.82, 2.24) is 0 Å². The molecule has 1 aromatic rings. The van der Waals surface area contributed by atoms with Gasteiger partial charge in [-0.2, -0.15) is 0 Å². The fraction of sp³-hybridized carbons (Fsp3) is 0.222. The van der Waals surface area contributed by atoms with Crippen molar-refractivity contribution < 1.29 is 4.39 Å². The van der Waals surface area contributed by atoms with Gasteiger partial charge in [-0.25, -0.2) is 4.39 Å². The van der Waals surface area contributed by atoms with Gasteiger partial charge in [-0.3, -0.25) is 0 Å². The van der Waals surface area contributed by atoms with Gasteiger partial charge in [-0.1, -0.05) is 12.1 Å². The third-order valence-corrected chi connectivity index (χ3v) is 1.51. The molecule has 0 saturated carbocycles. The molecule has 0 bridgehead atoms. The molecule has 1 aromatic carbocycles. The molecule has 0 aliphatic rings. The van der Waals surface area contributed by atoms with Gasteiger partial charge in [0.15, 0.2) is 0 Å². The van der Waals surface area contributed by atoms with Crippen LogP contribution in [-0.2, 0) is 6.42 Å². The molecule has 0 aliphatic carbocycles. The second-order valence-electron chi connectivity index (χ2n) is 2.33. The zero-order valence-electron chi connectivity index (χ0n) is 6.02. The van der Waals surface area contributed by atoms with Crippen LogP contribution in [0.2, 0.25) is 0 Å². The average Bonchev–Trinajstić information content (AvgIpc) is 1.95. The minimum atomic E-state index is -0.141. The van der Waals surface area contributed by atoms with Crippen LogP contribution in [0.4, 0.5) is 4.39 Å². The lowest BCUT2D eigenvalue weighted by Crippen LogP contribution is -1.85. The molecule has 53 valence electrons. The number of aryl methyl sites for hydroxylation is 1. The van der Waals surface area contributed by atoms with Crippen molar-refractivity contribution in [3.8, 4) is 0 Å². The first kappa shape index (κ1) is 7.26. The summed E-state index contributed by atoms with van der Waals surface area (Å²) in [5.74, 6) is -0.141. The lowest BCUT2D eigenvalue weighted by molar-refractivity contribution is 0.618. The van der Waals surface area contributed by atoms with Crippen LogP contribution in [0.1, 0.15) is 11.1 Å². The number of benzene rings is 1. The highest BCUT2D eigenvalue weighted by molar-refractivity contribution is 5.24. The predicted octanol–water partition coefficient (Wildman–Crippen LogP) is 2.51. The molecule has 0 amide bonds. The predicted molar refractivity (Wildman–Crippen MR) is 40.2 cm³/mol. The van der Waals surface area contributed by atoms with Gasteiger partial charge in [-0.05, 0) is 37.5 Å². The normalized spacial score (nSPS) is 9.90. The highest BCUT2D eigenvalue weighted by Crippen LogP contribution is 2.08. The number of rotatable bonds is 1. The molecule has 0 atom stereocenters. The van der Waals surface area contributed by atoms with Gasteiger partial charge in [0.05, 0.1) is 0 Å². The molecule has 0 aliphatic heterocycles. The van der Waals surface area contributed by atoms with Gasteiger partial charge < -0.3 is 0 Å². The van der Waals surface area contributed by atoms with E-state index in [0.29, 0.717) is 5.56 Å². The molecule has 1 radical (unpaired) electrons. The van der Waals surface area contributed by atoms with E-state index in [0.717, 1.165) is 12.0 Å². The van der Waals surface area contributed by atoms with E-state index in [9.17, 15) is 4.39 Å². The van der Waals surface area contributed by atoms with Gasteiger partial charge in [0.1, 0.15) is 5.82 Å². The van der Waals surface area contributed by atoms with E-state index in [1.165, 1.54) is 6.07 Å². The lowest BCUT2D eigenvalue weighted by Gasteiger charge is -1.98. The maximum absolute atomic E-state index is 12.6. The minimum absolute atomic E-state index is 0.141. The summed E-state index contributed by atoms with van der Waals surface area (Å²) in [4.78, 5) is 0. The third-order valence-electron chi connectivity index (χ3n) is 1.51. The highest BCUT2D eigenvalue weighted by Gasteiger charge is 1.95. The van der Waals surface area contributed by atoms with Crippen LogP contribution in [0.15, 0.2) is 18.2 Å². The first-order valence-electron chi connectivity index (χ1n) is 3.28. The third kappa shape index (κ3) is 1.35. The summed E-state index contributed by atoms with van der Waals surface area (Å²) in [5.41, 5.74) is 1.78. The fourth-order valence-electron chi connectivity index (χ4n) is 0.862. The zero-order chi connectivity index (χ0) is 7.56. The summed E-state index contributed by atoms with van der Waals surface area (Å²) in [6.45, 7) is 5.46. The van der Waals surface area contributed by atoms with Crippen LogP contribution in [0, 0.1) is 19.7 Å². The average molecular weight is 137 g/mol. The highest BCUT2D eigenvalue weighted by atomic mass is 19.1. The summed E-state index contributed by atoms with van der Waals surface area (Å²) in [6, 6.07) is 5.06. The van der Waals surface area contributed by atoms with Crippen LogP contribution in [0.25, 0.3) is 0 Å². The zero-order valence-corrected chi connectivity index (χ0v) is 6.02. The minimum Gasteiger partial charge on any atom is -0.207 e. The fourth-order valence-corrected chi connectivity index (χ4v) is 0.862. The van der Waals surface area contributed by atoms with E-state index in [1.807, 2.05) is 6.07 Å². The summed E-state index contributed by atoms with van der Waals surface area (Å²) in [6.07, 6.45) is 0.723. The van der Waals surface area contributed by atoms with Crippen molar-refractivity contribution >= 4 is 0 Å². The number of hydrogen-bond donors (Lipinski definition) is 0. The van der Waals surface area contributed by atoms with E-state index < -0.39 is 0 Å². The molecule has 0 heterocycles. The topological polar surface area (TPSA) is 0 Å². The van der Waals surface area contributed by atoms with E-state index >= 15 is 0 Å². The molecular weight excluding hydrogens is 127 g/mol. The van der Waals surface area contributed by atoms with Crippen molar-refractivity contribution in [2.75, 3.05) is 0 Å². The Morgan fingerprint density at radius 3 is 2.70 bits per heavy atom. The Morgan fingerprint density at radius 1 is 1.50 bits per heavy atom. The molecule has 0 N–H and O–H groups in total. The molecule has 0 nitrogen and oxygen atoms in total. The van der Waals surface area contributed by atoms with Gasteiger partial charge in [0.25, 0.3) is 0 Å². The van der Waals surface area contributed by atoms with Gasteiger partial charge in [-0.15, -0.1) is 0 Å². The Balaban J connectivity index is 3.04. The van der Waals surface area contributed by atoms with E-state index in [-0.39, 0.29) is 5.82 Å². The molecule has 0 fully saturated rings. The van der Waals surface area contributed by atoms with Crippen molar-refractivity contribution in [2.45, 2.75) is 13.3 Å². The van der Waals surface area contributed by atoms with Crippen LogP contribution in [0.5, 0.6) is 0 Å². The number of halogens is 1. The van der Waals surface area contributed by atoms with E-state index in [1.54, 1.807) is 13.0 Å².